The third-order valence-electron chi connectivity index (χ3n) is 2.34. The van der Waals surface area contributed by atoms with Crippen molar-refractivity contribution in [2.24, 2.45) is 5.73 Å². The number of anilines is 2. The van der Waals surface area contributed by atoms with E-state index in [1.165, 1.54) is 12.1 Å². The summed E-state index contributed by atoms with van der Waals surface area (Å²) in [4.78, 5) is 0. The fourth-order valence-corrected chi connectivity index (χ4v) is 1.53. The molecule has 82 valence electrons. The Morgan fingerprint density at radius 1 is 1.06 bits per heavy atom. The van der Waals surface area contributed by atoms with Gasteiger partial charge in [0.25, 0.3) is 0 Å². The Kier molecular flexibility index (Phi) is 3.17. The molecule has 0 aliphatic heterocycles. The topological polar surface area (TPSA) is 38.0 Å². The van der Waals surface area contributed by atoms with Gasteiger partial charge < -0.3 is 11.1 Å². The maximum absolute atomic E-state index is 13.0. The molecule has 0 fully saturated rings. The van der Waals surface area contributed by atoms with Crippen LogP contribution in [-0.2, 0) is 6.54 Å². The van der Waals surface area contributed by atoms with Crippen LogP contribution in [0.3, 0.4) is 0 Å². The van der Waals surface area contributed by atoms with Crippen LogP contribution in [0.25, 0.3) is 0 Å². The van der Waals surface area contributed by atoms with Crippen molar-refractivity contribution >= 4 is 11.4 Å². The highest BCUT2D eigenvalue weighted by Crippen LogP contribution is 2.21. The minimum Gasteiger partial charge on any atom is -0.355 e. The summed E-state index contributed by atoms with van der Waals surface area (Å²) < 4.78 is 13.0. The molecule has 16 heavy (non-hydrogen) atoms. The lowest BCUT2D eigenvalue weighted by molar-refractivity contribution is 0.626. The van der Waals surface area contributed by atoms with Gasteiger partial charge in [0.15, 0.2) is 0 Å². The van der Waals surface area contributed by atoms with E-state index in [-0.39, 0.29) is 5.82 Å². The summed E-state index contributed by atoms with van der Waals surface area (Å²) >= 11 is 0. The zero-order valence-corrected chi connectivity index (χ0v) is 8.78. The first-order valence-electron chi connectivity index (χ1n) is 5.10. The summed E-state index contributed by atoms with van der Waals surface area (Å²) in [5.74, 6) is -0.265. The number of para-hydroxylation sites is 1. The molecule has 2 rings (SSSR count). The van der Waals surface area contributed by atoms with Crippen LogP contribution >= 0.6 is 0 Å². The van der Waals surface area contributed by atoms with E-state index in [4.69, 9.17) is 5.73 Å². The Bertz CT molecular complexity index is 469. The van der Waals surface area contributed by atoms with Crippen molar-refractivity contribution in [2.75, 3.05) is 5.32 Å². The second kappa shape index (κ2) is 4.77. The van der Waals surface area contributed by atoms with Crippen molar-refractivity contribution in [1.82, 2.24) is 0 Å². The van der Waals surface area contributed by atoms with Crippen LogP contribution in [-0.4, -0.2) is 0 Å². The number of benzene rings is 2. The van der Waals surface area contributed by atoms with E-state index in [9.17, 15) is 4.39 Å². The first kappa shape index (κ1) is 10.6. The Morgan fingerprint density at radius 3 is 2.50 bits per heavy atom. The highest BCUT2D eigenvalue weighted by atomic mass is 19.1. The Balaban J connectivity index is 2.28. The van der Waals surface area contributed by atoms with E-state index in [0.717, 1.165) is 16.9 Å². The lowest BCUT2D eigenvalue weighted by atomic mass is 10.1. The lowest BCUT2D eigenvalue weighted by Crippen LogP contribution is -2.02. The number of hydrogen-bond donors (Lipinski definition) is 2. The molecule has 0 amide bonds. The highest BCUT2D eigenvalue weighted by Gasteiger charge is 2.02. The van der Waals surface area contributed by atoms with Gasteiger partial charge in [-0.05, 0) is 35.9 Å². The predicted molar refractivity (Wildman–Crippen MR) is 64.0 cm³/mol. The molecule has 0 saturated carbocycles. The zero-order chi connectivity index (χ0) is 11.4. The van der Waals surface area contributed by atoms with Crippen LogP contribution in [0.2, 0.25) is 0 Å². The van der Waals surface area contributed by atoms with E-state index in [1.807, 2.05) is 30.3 Å². The molecule has 0 radical (unpaired) electrons. The maximum Gasteiger partial charge on any atom is 0.123 e. The van der Waals surface area contributed by atoms with Crippen LogP contribution < -0.4 is 11.1 Å². The SMILES string of the molecule is NCc1cc(F)ccc1Nc1ccccc1. The van der Waals surface area contributed by atoms with Gasteiger partial charge in [-0.1, -0.05) is 18.2 Å². The summed E-state index contributed by atoms with van der Waals surface area (Å²) in [7, 11) is 0. The first-order chi connectivity index (χ1) is 7.79. The van der Waals surface area contributed by atoms with Crippen molar-refractivity contribution in [2.45, 2.75) is 6.54 Å². The van der Waals surface area contributed by atoms with Gasteiger partial charge in [0.2, 0.25) is 0 Å². The monoisotopic (exact) mass is 216 g/mol. The molecule has 0 saturated heterocycles. The summed E-state index contributed by atoms with van der Waals surface area (Å²) in [5.41, 5.74) is 8.14. The predicted octanol–water partition coefficient (Wildman–Crippen LogP) is 3.03. The molecule has 2 aromatic rings. The Morgan fingerprint density at radius 2 is 1.81 bits per heavy atom. The Hall–Kier alpha value is -1.87. The number of rotatable bonds is 3. The van der Waals surface area contributed by atoms with Crippen molar-refractivity contribution < 1.29 is 4.39 Å². The molecule has 0 heterocycles. The first-order valence-corrected chi connectivity index (χ1v) is 5.10. The van der Waals surface area contributed by atoms with E-state index in [0.29, 0.717) is 6.54 Å². The lowest BCUT2D eigenvalue weighted by Gasteiger charge is -2.10. The molecule has 0 aliphatic carbocycles. The number of nitrogens with one attached hydrogen (secondary N) is 1. The second-order valence-electron chi connectivity index (χ2n) is 3.50. The average molecular weight is 216 g/mol. The van der Waals surface area contributed by atoms with Gasteiger partial charge in [-0.25, -0.2) is 4.39 Å². The van der Waals surface area contributed by atoms with Gasteiger partial charge >= 0.3 is 0 Å². The van der Waals surface area contributed by atoms with Gasteiger partial charge in [0, 0.05) is 17.9 Å². The molecule has 0 atom stereocenters. The average Bonchev–Trinajstić information content (AvgIpc) is 2.33. The zero-order valence-electron chi connectivity index (χ0n) is 8.78. The van der Waals surface area contributed by atoms with Crippen molar-refractivity contribution in [3.05, 3.63) is 59.9 Å². The van der Waals surface area contributed by atoms with E-state index in [2.05, 4.69) is 5.32 Å². The number of hydrogen-bond acceptors (Lipinski definition) is 2. The van der Waals surface area contributed by atoms with Gasteiger partial charge in [-0.2, -0.15) is 0 Å². The molecule has 0 bridgehead atoms. The summed E-state index contributed by atoms with van der Waals surface area (Å²) in [6, 6.07) is 14.3. The smallest absolute Gasteiger partial charge is 0.123 e. The van der Waals surface area contributed by atoms with Crippen LogP contribution in [0.4, 0.5) is 15.8 Å². The third kappa shape index (κ3) is 2.38. The molecule has 2 nitrogen and oxygen atoms in total. The van der Waals surface area contributed by atoms with Crippen molar-refractivity contribution in [1.29, 1.82) is 0 Å². The number of nitrogens with two attached hydrogens (primary N) is 1. The molecule has 2 aromatic carbocycles. The summed E-state index contributed by atoms with van der Waals surface area (Å²) in [6.45, 7) is 0.312. The van der Waals surface area contributed by atoms with E-state index >= 15 is 0 Å². The Labute approximate surface area is 93.9 Å². The second-order valence-corrected chi connectivity index (χ2v) is 3.50. The normalized spacial score (nSPS) is 10.1. The van der Waals surface area contributed by atoms with Crippen LogP contribution in [0.1, 0.15) is 5.56 Å². The van der Waals surface area contributed by atoms with Crippen molar-refractivity contribution in [3.63, 3.8) is 0 Å². The van der Waals surface area contributed by atoms with Crippen LogP contribution in [0.15, 0.2) is 48.5 Å². The van der Waals surface area contributed by atoms with Crippen LogP contribution in [0.5, 0.6) is 0 Å². The van der Waals surface area contributed by atoms with E-state index in [1.54, 1.807) is 6.07 Å². The standard InChI is InChI=1S/C13H13FN2/c14-11-6-7-13(10(8-11)9-15)16-12-4-2-1-3-5-12/h1-8,16H,9,15H2. The summed E-state index contributed by atoms with van der Waals surface area (Å²) in [6.07, 6.45) is 0. The minimum absolute atomic E-state index is 0.265. The molecular formula is C13H13FN2. The van der Waals surface area contributed by atoms with E-state index < -0.39 is 0 Å². The number of halogens is 1. The largest absolute Gasteiger partial charge is 0.355 e. The van der Waals surface area contributed by atoms with Crippen molar-refractivity contribution in [3.8, 4) is 0 Å². The summed E-state index contributed by atoms with van der Waals surface area (Å²) in [5, 5.41) is 3.20. The van der Waals surface area contributed by atoms with Gasteiger partial charge in [0.1, 0.15) is 5.82 Å². The fraction of sp³-hybridized carbons (Fsp3) is 0.0769. The van der Waals surface area contributed by atoms with Crippen LogP contribution in [0, 0.1) is 5.82 Å². The molecule has 3 heteroatoms. The highest BCUT2D eigenvalue weighted by molar-refractivity contribution is 5.63. The maximum atomic E-state index is 13.0. The van der Waals surface area contributed by atoms with Gasteiger partial charge in [-0.15, -0.1) is 0 Å². The van der Waals surface area contributed by atoms with Gasteiger partial charge in [-0.3, -0.25) is 0 Å². The molecule has 0 unspecified atom stereocenters. The molecule has 0 spiro atoms. The molecule has 3 N–H and O–H groups in total. The quantitative estimate of drug-likeness (QED) is 0.827. The third-order valence-corrected chi connectivity index (χ3v) is 2.34. The molecular weight excluding hydrogens is 203 g/mol. The fourth-order valence-electron chi connectivity index (χ4n) is 1.53. The van der Waals surface area contributed by atoms with Gasteiger partial charge in [0.05, 0.1) is 0 Å². The molecule has 0 aliphatic rings. The molecule has 0 aromatic heterocycles. The minimum atomic E-state index is -0.265.